The Kier molecular flexibility index (Phi) is 4.65. The predicted octanol–water partition coefficient (Wildman–Crippen LogP) is 4.89. The summed E-state index contributed by atoms with van der Waals surface area (Å²) in [7, 11) is 0. The van der Waals surface area contributed by atoms with Gasteiger partial charge >= 0.3 is 0 Å². The van der Waals surface area contributed by atoms with Gasteiger partial charge in [-0.1, -0.05) is 24.3 Å². The van der Waals surface area contributed by atoms with Crippen molar-refractivity contribution in [3.05, 3.63) is 77.7 Å². The van der Waals surface area contributed by atoms with Gasteiger partial charge in [0.1, 0.15) is 5.82 Å². The highest BCUT2D eigenvalue weighted by Gasteiger charge is 2.28. The van der Waals surface area contributed by atoms with Gasteiger partial charge in [-0.3, -0.25) is 4.79 Å². The number of anilines is 1. The first-order chi connectivity index (χ1) is 14.2. The Morgan fingerprint density at radius 2 is 1.97 bits per heavy atom. The summed E-state index contributed by atoms with van der Waals surface area (Å²) in [6.45, 7) is 0.587. The smallest absolute Gasteiger partial charge is 0.298 e. The van der Waals surface area contributed by atoms with E-state index in [2.05, 4.69) is 10.1 Å². The minimum Gasteiger partial charge on any atom is -0.304 e. The molecule has 2 aromatic heterocycles. The Labute approximate surface area is 174 Å². The highest BCUT2D eigenvalue weighted by atomic mass is 32.2. The second-order valence-corrected chi connectivity index (χ2v) is 8.49. The molecule has 1 aliphatic rings. The molecule has 0 atom stereocenters. The lowest BCUT2D eigenvalue weighted by atomic mass is 10.2. The summed E-state index contributed by atoms with van der Waals surface area (Å²) in [6, 6.07) is 17.8. The zero-order chi connectivity index (χ0) is 19.8. The van der Waals surface area contributed by atoms with Crippen molar-refractivity contribution in [1.29, 1.82) is 0 Å². The van der Waals surface area contributed by atoms with Gasteiger partial charge in [0.05, 0.1) is 16.3 Å². The van der Waals surface area contributed by atoms with Crippen molar-refractivity contribution in [3.63, 3.8) is 0 Å². The molecule has 5 rings (SSSR count). The highest BCUT2D eigenvalue weighted by molar-refractivity contribution is 7.99. The summed E-state index contributed by atoms with van der Waals surface area (Å²) < 4.78 is 15.3. The zero-order valence-corrected chi connectivity index (χ0v) is 16.8. The fourth-order valence-electron chi connectivity index (χ4n) is 3.26. The minimum absolute atomic E-state index is 0.0966. The van der Waals surface area contributed by atoms with E-state index in [1.807, 2.05) is 41.8 Å². The Morgan fingerprint density at radius 1 is 1.07 bits per heavy atom. The molecule has 0 N–H and O–H groups in total. The van der Waals surface area contributed by atoms with Crippen LogP contribution in [-0.2, 0) is 0 Å². The number of fused-ring (bicyclic) bond motifs is 1. The largest absolute Gasteiger partial charge is 0.304 e. The van der Waals surface area contributed by atoms with Gasteiger partial charge in [-0.2, -0.15) is 0 Å². The summed E-state index contributed by atoms with van der Waals surface area (Å²) in [6.07, 6.45) is 0. The first-order valence-electron chi connectivity index (χ1n) is 9.01. The van der Waals surface area contributed by atoms with Crippen LogP contribution >= 0.6 is 23.1 Å². The molecule has 0 saturated carbocycles. The fourth-order valence-corrected chi connectivity index (χ4v) is 4.95. The topological polar surface area (TPSA) is 51.0 Å². The Morgan fingerprint density at radius 3 is 2.79 bits per heavy atom. The second-order valence-electron chi connectivity index (χ2n) is 6.40. The van der Waals surface area contributed by atoms with E-state index in [0.29, 0.717) is 18.1 Å². The average Bonchev–Trinajstić information content (AvgIpc) is 3.42. The molecule has 0 spiro atoms. The Hall–Kier alpha value is -2.97. The molecule has 0 fully saturated rings. The van der Waals surface area contributed by atoms with Gasteiger partial charge in [-0.15, -0.1) is 28.2 Å². The number of rotatable bonds is 3. The van der Waals surface area contributed by atoms with Crippen molar-refractivity contribution >= 4 is 34.7 Å². The van der Waals surface area contributed by atoms with Crippen LogP contribution in [0.3, 0.4) is 0 Å². The van der Waals surface area contributed by atoms with Crippen LogP contribution in [-0.4, -0.2) is 33.0 Å². The maximum Gasteiger partial charge on any atom is 0.298 e. The van der Waals surface area contributed by atoms with Gasteiger partial charge in [-0.05, 0) is 41.8 Å². The Balaban J connectivity index is 1.60. The number of hydrogen-bond acceptors (Lipinski definition) is 5. The summed E-state index contributed by atoms with van der Waals surface area (Å²) in [5.74, 6) is 0.800. The number of amides is 1. The van der Waals surface area contributed by atoms with E-state index in [4.69, 9.17) is 0 Å². The lowest BCUT2D eigenvalue weighted by molar-refractivity contribution is 0.0978. The van der Waals surface area contributed by atoms with Crippen molar-refractivity contribution in [3.8, 4) is 16.4 Å². The van der Waals surface area contributed by atoms with Crippen molar-refractivity contribution in [2.45, 2.75) is 4.90 Å². The number of aromatic nitrogens is 3. The van der Waals surface area contributed by atoms with Gasteiger partial charge in [0.25, 0.3) is 5.91 Å². The molecule has 0 aliphatic carbocycles. The normalized spacial score (nSPS) is 13.3. The quantitative estimate of drug-likeness (QED) is 0.472. The first kappa shape index (κ1) is 18.1. The third kappa shape index (κ3) is 3.34. The average molecular weight is 423 g/mol. The van der Waals surface area contributed by atoms with Crippen LogP contribution in [0.15, 0.2) is 70.9 Å². The molecular formula is C21H15FN4OS2. The first-order valence-corrected chi connectivity index (χ1v) is 10.9. The minimum atomic E-state index is -0.370. The number of thioether (sulfide) groups is 1. The standard InChI is InChI=1S/C21H15FN4OS2/c22-14-5-3-6-15(13-14)26-20(18-9-4-11-28-18)23-19(24-26)21(27)25-10-12-29-17-8-2-1-7-16(17)25/h1-9,11,13H,10,12H2. The lowest BCUT2D eigenvalue weighted by Gasteiger charge is -2.27. The fraction of sp³-hybridized carbons (Fsp3) is 0.0952. The van der Waals surface area contributed by atoms with E-state index in [-0.39, 0.29) is 17.5 Å². The molecule has 2 aromatic carbocycles. The third-order valence-corrected chi connectivity index (χ3v) is 6.48. The molecule has 3 heterocycles. The van der Waals surface area contributed by atoms with Crippen molar-refractivity contribution in [2.75, 3.05) is 17.2 Å². The number of nitrogens with zero attached hydrogens (tertiary/aromatic N) is 4. The molecule has 144 valence electrons. The number of hydrogen-bond donors (Lipinski definition) is 0. The predicted molar refractivity (Wildman–Crippen MR) is 113 cm³/mol. The number of thiophene rings is 1. The maximum absolute atomic E-state index is 13.8. The number of carbonyl (C=O) groups excluding carboxylic acids is 1. The summed E-state index contributed by atoms with van der Waals surface area (Å²) >= 11 is 3.22. The molecule has 8 heteroatoms. The van der Waals surface area contributed by atoms with Gasteiger partial charge in [0.2, 0.25) is 5.82 Å². The second kappa shape index (κ2) is 7.46. The van der Waals surface area contributed by atoms with Gasteiger partial charge < -0.3 is 4.90 Å². The summed E-state index contributed by atoms with van der Waals surface area (Å²) in [5.41, 5.74) is 1.39. The molecule has 1 amide bonds. The van der Waals surface area contributed by atoms with Crippen molar-refractivity contribution in [1.82, 2.24) is 14.8 Å². The number of halogens is 1. The number of carbonyl (C=O) groups is 1. The van der Waals surface area contributed by atoms with E-state index in [0.717, 1.165) is 21.2 Å². The van der Waals surface area contributed by atoms with Crippen molar-refractivity contribution < 1.29 is 9.18 Å². The van der Waals surface area contributed by atoms with Crippen molar-refractivity contribution in [2.24, 2.45) is 0 Å². The van der Waals surface area contributed by atoms with E-state index < -0.39 is 0 Å². The molecule has 0 bridgehead atoms. The summed E-state index contributed by atoms with van der Waals surface area (Å²) in [5, 5.41) is 6.40. The molecule has 1 aliphatic heterocycles. The maximum atomic E-state index is 13.8. The highest BCUT2D eigenvalue weighted by Crippen LogP contribution is 2.35. The van der Waals surface area contributed by atoms with E-state index in [1.165, 1.54) is 28.2 Å². The number of benzene rings is 2. The van der Waals surface area contributed by atoms with E-state index in [9.17, 15) is 9.18 Å². The van der Waals surface area contributed by atoms with Crippen LogP contribution in [0.1, 0.15) is 10.6 Å². The molecule has 29 heavy (non-hydrogen) atoms. The van der Waals surface area contributed by atoms with Crippen LogP contribution in [0.25, 0.3) is 16.4 Å². The third-order valence-electron chi connectivity index (χ3n) is 4.57. The van der Waals surface area contributed by atoms with Crippen LogP contribution in [0, 0.1) is 5.82 Å². The Bertz CT molecular complexity index is 1190. The molecule has 0 saturated heterocycles. The van der Waals surface area contributed by atoms with Gasteiger partial charge in [-0.25, -0.2) is 14.1 Å². The molecule has 0 radical (unpaired) electrons. The SMILES string of the molecule is O=C(c1nc(-c2cccs2)n(-c2cccc(F)c2)n1)N1CCSc2ccccc21. The van der Waals surface area contributed by atoms with Crippen LogP contribution < -0.4 is 4.90 Å². The van der Waals surface area contributed by atoms with E-state index >= 15 is 0 Å². The van der Waals surface area contributed by atoms with Crippen LogP contribution in [0.5, 0.6) is 0 Å². The van der Waals surface area contributed by atoms with Gasteiger partial charge in [0, 0.05) is 17.2 Å². The molecule has 0 unspecified atom stereocenters. The molecular weight excluding hydrogens is 407 g/mol. The van der Waals surface area contributed by atoms with Crippen LogP contribution in [0.2, 0.25) is 0 Å². The van der Waals surface area contributed by atoms with E-state index in [1.54, 1.807) is 28.8 Å². The van der Waals surface area contributed by atoms with Gasteiger partial charge in [0.15, 0.2) is 5.82 Å². The summed E-state index contributed by atoms with van der Waals surface area (Å²) in [4.78, 5) is 21.5. The lowest BCUT2D eigenvalue weighted by Crippen LogP contribution is -2.36. The molecule has 5 nitrogen and oxygen atoms in total. The van der Waals surface area contributed by atoms with Crippen LogP contribution in [0.4, 0.5) is 10.1 Å². The zero-order valence-electron chi connectivity index (χ0n) is 15.2. The molecule has 4 aromatic rings. The monoisotopic (exact) mass is 422 g/mol. The number of para-hydroxylation sites is 1.